The van der Waals surface area contributed by atoms with E-state index in [1.54, 1.807) is 25.1 Å². The number of esters is 1. The van der Waals surface area contributed by atoms with Crippen LogP contribution in [-0.4, -0.2) is 56.2 Å². The summed E-state index contributed by atoms with van der Waals surface area (Å²) in [5, 5.41) is 5.28. The Bertz CT molecular complexity index is 1120. The molecule has 2 aliphatic heterocycles. The van der Waals surface area contributed by atoms with Crippen molar-refractivity contribution in [2.45, 2.75) is 13.0 Å². The molecule has 2 aliphatic rings. The number of para-hydroxylation sites is 1. The van der Waals surface area contributed by atoms with Gasteiger partial charge in [-0.2, -0.15) is 0 Å². The lowest BCUT2D eigenvalue weighted by Gasteiger charge is -2.38. The molecule has 1 unspecified atom stereocenters. The van der Waals surface area contributed by atoms with Crippen molar-refractivity contribution in [1.29, 1.82) is 0 Å². The summed E-state index contributed by atoms with van der Waals surface area (Å²) in [5.74, 6) is -3.06. The molecule has 2 heterocycles. The van der Waals surface area contributed by atoms with Crippen LogP contribution in [0.3, 0.4) is 0 Å². The zero-order valence-electron chi connectivity index (χ0n) is 18.6. The zero-order valence-corrected chi connectivity index (χ0v) is 18.6. The molecule has 0 radical (unpaired) electrons. The van der Waals surface area contributed by atoms with Gasteiger partial charge in [-0.3, -0.25) is 4.90 Å². The van der Waals surface area contributed by atoms with Gasteiger partial charge in [-0.1, -0.05) is 18.2 Å². The van der Waals surface area contributed by atoms with Crippen LogP contribution >= 0.6 is 0 Å². The van der Waals surface area contributed by atoms with Crippen molar-refractivity contribution in [3.8, 4) is 0 Å². The Morgan fingerprint density at radius 2 is 1.76 bits per heavy atom. The van der Waals surface area contributed by atoms with Crippen LogP contribution in [0.2, 0.25) is 0 Å². The molecule has 0 saturated carbocycles. The van der Waals surface area contributed by atoms with Crippen molar-refractivity contribution >= 4 is 17.7 Å². The van der Waals surface area contributed by atoms with Crippen molar-refractivity contribution < 1.29 is 27.5 Å². The van der Waals surface area contributed by atoms with Crippen molar-refractivity contribution in [2.75, 3.05) is 44.2 Å². The molecule has 1 saturated heterocycles. The average molecular weight is 474 g/mol. The molecule has 0 aliphatic carbocycles. The molecule has 34 heavy (non-hydrogen) atoms. The largest absolute Gasteiger partial charge is 0.463 e. The number of benzene rings is 2. The van der Waals surface area contributed by atoms with Gasteiger partial charge in [-0.25, -0.2) is 22.8 Å². The maximum Gasteiger partial charge on any atom is 0.338 e. The molecule has 0 bridgehead atoms. The molecule has 2 N–H and O–H groups in total. The summed E-state index contributed by atoms with van der Waals surface area (Å²) in [6.07, 6.45) is 0. The molecular formula is C24H25F3N4O3. The fourth-order valence-electron chi connectivity index (χ4n) is 4.21. The van der Waals surface area contributed by atoms with Crippen molar-refractivity contribution in [3.05, 3.63) is 76.7 Å². The van der Waals surface area contributed by atoms with E-state index in [1.165, 1.54) is 12.1 Å². The number of nitrogens with zero attached hydrogens (tertiary/aromatic N) is 2. The van der Waals surface area contributed by atoms with Gasteiger partial charge in [0.25, 0.3) is 0 Å². The van der Waals surface area contributed by atoms with E-state index in [2.05, 4.69) is 10.6 Å². The summed E-state index contributed by atoms with van der Waals surface area (Å²) >= 11 is 0. The minimum Gasteiger partial charge on any atom is -0.463 e. The highest BCUT2D eigenvalue weighted by atomic mass is 19.2. The zero-order chi connectivity index (χ0) is 24.2. The van der Waals surface area contributed by atoms with E-state index in [4.69, 9.17) is 4.74 Å². The van der Waals surface area contributed by atoms with Crippen molar-refractivity contribution in [2.24, 2.45) is 0 Å². The number of urea groups is 1. The van der Waals surface area contributed by atoms with Crippen LogP contribution in [0.15, 0.2) is 53.7 Å². The lowest BCUT2D eigenvalue weighted by atomic mass is 9.94. The summed E-state index contributed by atoms with van der Waals surface area (Å²) in [6.45, 7) is 4.23. The summed E-state index contributed by atoms with van der Waals surface area (Å²) in [6, 6.07) is 8.22. The molecule has 0 aromatic heterocycles. The van der Waals surface area contributed by atoms with E-state index in [-0.39, 0.29) is 30.1 Å². The highest BCUT2D eigenvalue weighted by Gasteiger charge is 2.35. The number of rotatable bonds is 6. The number of halogens is 3. The summed E-state index contributed by atoms with van der Waals surface area (Å²) in [4.78, 5) is 29.2. The lowest BCUT2D eigenvalue weighted by molar-refractivity contribution is -0.139. The Morgan fingerprint density at radius 3 is 2.44 bits per heavy atom. The molecule has 2 aromatic rings. The SMILES string of the molecule is CCOC(=O)C1=C(CN2CCN(c3ccccc3F)CC2)NC(=O)NC1c1ccc(F)c(F)c1. The molecule has 0 spiro atoms. The van der Waals surface area contributed by atoms with Gasteiger partial charge in [0.1, 0.15) is 5.82 Å². The molecule has 180 valence electrons. The molecule has 10 heteroatoms. The molecule has 7 nitrogen and oxygen atoms in total. The van der Waals surface area contributed by atoms with Crippen LogP contribution in [0.5, 0.6) is 0 Å². The third-order valence-corrected chi connectivity index (χ3v) is 5.87. The lowest BCUT2D eigenvalue weighted by Crippen LogP contribution is -2.52. The van der Waals surface area contributed by atoms with Gasteiger partial charge in [-0.15, -0.1) is 0 Å². The van der Waals surface area contributed by atoms with Crippen LogP contribution in [0.1, 0.15) is 18.5 Å². The first kappa shape index (κ1) is 23.6. The fourth-order valence-corrected chi connectivity index (χ4v) is 4.21. The third-order valence-electron chi connectivity index (χ3n) is 5.87. The van der Waals surface area contributed by atoms with E-state index in [0.717, 1.165) is 12.1 Å². The number of anilines is 1. The van der Waals surface area contributed by atoms with Gasteiger partial charge in [0.05, 0.1) is 23.9 Å². The van der Waals surface area contributed by atoms with Crippen LogP contribution in [0.25, 0.3) is 0 Å². The van der Waals surface area contributed by atoms with Crippen LogP contribution in [-0.2, 0) is 9.53 Å². The standard InChI is InChI=1S/C24H25F3N4O3/c1-2-34-23(32)21-19(28-24(33)29-22(21)15-7-8-16(25)18(27)13-15)14-30-9-11-31(12-10-30)20-6-4-3-5-17(20)26/h3-8,13,22H,2,9-12,14H2,1H3,(H2,28,29,33). The van der Waals surface area contributed by atoms with Gasteiger partial charge >= 0.3 is 12.0 Å². The van der Waals surface area contributed by atoms with Gasteiger partial charge in [0.15, 0.2) is 11.6 Å². The highest BCUT2D eigenvalue weighted by molar-refractivity contribution is 5.95. The monoisotopic (exact) mass is 474 g/mol. The van der Waals surface area contributed by atoms with Gasteiger partial charge in [0, 0.05) is 38.4 Å². The Hall–Kier alpha value is -3.53. The Balaban J connectivity index is 1.58. The normalized spacial score (nSPS) is 19.0. The molecule has 2 amide bonds. The van der Waals surface area contributed by atoms with Crippen molar-refractivity contribution in [1.82, 2.24) is 15.5 Å². The minimum absolute atomic E-state index is 0.107. The number of ether oxygens (including phenoxy) is 1. The van der Waals surface area contributed by atoms with Gasteiger partial charge in [0.2, 0.25) is 0 Å². The number of nitrogens with one attached hydrogen (secondary N) is 2. The van der Waals surface area contributed by atoms with E-state index < -0.39 is 29.7 Å². The van der Waals surface area contributed by atoms with Crippen LogP contribution < -0.4 is 15.5 Å². The Kier molecular flexibility index (Phi) is 7.06. The van der Waals surface area contributed by atoms with E-state index in [9.17, 15) is 22.8 Å². The fraction of sp³-hybridized carbons (Fsp3) is 0.333. The molecule has 4 rings (SSSR count). The highest BCUT2D eigenvalue weighted by Crippen LogP contribution is 2.29. The smallest absolute Gasteiger partial charge is 0.338 e. The average Bonchev–Trinajstić information content (AvgIpc) is 2.81. The minimum atomic E-state index is -1.08. The van der Waals surface area contributed by atoms with E-state index in [0.29, 0.717) is 37.6 Å². The number of amides is 2. The molecular weight excluding hydrogens is 449 g/mol. The first-order valence-electron chi connectivity index (χ1n) is 11.0. The maximum absolute atomic E-state index is 14.1. The van der Waals surface area contributed by atoms with Gasteiger partial charge < -0.3 is 20.3 Å². The topological polar surface area (TPSA) is 73.9 Å². The van der Waals surface area contributed by atoms with Crippen LogP contribution in [0.4, 0.5) is 23.7 Å². The summed E-state index contributed by atoms with van der Waals surface area (Å²) in [7, 11) is 0. The number of carbonyl (C=O) groups is 2. The van der Waals surface area contributed by atoms with E-state index >= 15 is 0 Å². The van der Waals surface area contributed by atoms with Crippen LogP contribution in [0, 0.1) is 17.5 Å². The second kappa shape index (κ2) is 10.2. The first-order valence-corrected chi connectivity index (χ1v) is 11.0. The number of piperazine rings is 1. The molecule has 1 atom stereocenters. The summed E-state index contributed by atoms with van der Waals surface area (Å²) < 4.78 is 46.7. The number of hydrogen-bond acceptors (Lipinski definition) is 5. The third kappa shape index (κ3) is 5.01. The van der Waals surface area contributed by atoms with E-state index in [1.807, 2.05) is 9.80 Å². The quantitative estimate of drug-likeness (QED) is 0.630. The molecule has 1 fully saturated rings. The first-order chi connectivity index (χ1) is 16.4. The second-order valence-corrected chi connectivity index (χ2v) is 8.03. The Labute approximate surface area is 195 Å². The second-order valence-electron chi connectivity index (χ2n) is 8.03. The van der Waals surface area contributed by atoms with Crippen molar-refractivity contribution in [3.63, 3.8) is 0 Å². The Morgan fingerprint density at radius 1 is 1.03 bits per heavy atom. The number of carbonyl (C=O) groups excluding carboxylic acids is 2. The number of hydrogen-bond donors (Lipinski definition) is 2. The summed E-state index contributed by atoms with van der Waals surface area (Å²) in [5.41, 5.74) is 1.21. The predicted octanol–water partition coefficient (Wildman–Crippen LogP) is 3.10. The predicted molar refractivity (Wildman–Crippen MR) is 119 cm³/mol. The molecule has 2 aromatic carbocycles. The van der Waals surface area contributed by atoms with Gasteiger partial charge in [-0.05, 0) is 36.8 Å². The maximum atomic E-state index is 14.1.